The normalized spacial score (nSPS) is 24.3. The summed E-state index contributed by atoms with van der Waals surface area (Å²) in [5, 5.41) is 24.6. The van der Waals surface area contributed by atoms with Crippen molar-refractivity contribution in [1.29, 1.82) is 5.26 Å². The molecule has 3 atom stereocenters. The van der Waals surface area contributed by atoms with Crippen LogP contribution >= 0.6 is 0 Å². The first-order valence-corrected chi connectivity index (χ1v) is 13.9. The second-order valence-corrected chi connectivity index (χ2v) is 10.9. The Bertz CT molecular complexity index is 1280. The first-order chi connectivity index (χ1) is 18.6. The van der Waals surface area contributed by atoms with Crippen molar-refractivity contribution in [3.63, 3.8) is 0 Å². The molecular formula is C28H37N9O. The van der Waals surface area contributed by atoms with Gasteiger partial charge in [0.05, 0.1) is 24.8 Å². The molecule has 10 heteroatoms. The molecule has 3 saturated heterocycles. The van der Waals surface area contributed by atoms with Gasteiger partial charge in [-0.1, -0.05) is 12.5 Å². The predicted octanol–water partition coefficient (Wildman–Crippen LogP) is 3.95. The van der Waals surface area contributed by atoms with Crippen LogP contribution in [0.4, 0.5) is 17.6 Å². The van der Waals surface area contributed by atoms with Gasteiger partial charge in [0, 0.05) is 67.9 Å². The summed E-state index contributed by atoms with van der Waals surface area (Å²) in [5.41, 5.74) is 3.16. The SMILES string of the molecule is Cc1cc(Nc2nc(NC3C[C@H]4CCC[C@@H](C3)N4CCC#N)nc3cc(CN4CCOCC4)ccc23)n[nH]1. The largest absolute Gasteiger partial charge is 0.379 e. The Labute approximate surface area is 223 Å². The van der Waals surface area contributed by atoms with E-state index in [2.05, 4.69) is 54.9 Å². The van der Waals surface area contributed by atoms with Crippen LogP contribution in [0.25, 0.3) is 10.9 Å². The fourth-order valence-corrected chi connectivity index (χ4v) is 6.38. The molecule has 6 rings (SSSR count). The summed E-state index contributed by atoms with van der Waals surface area (Å²) in [4.78, 5) is 14.9. The predicted molar refractivity (Wildman–Crippen MR) is 147 cm³/mol. The van der Waals surface area contributed by atoms with E-state index in [0.717, 1.165) is 80.5 Å². The van der Waals surface area contributed by atoms with Crippen molar-refractivity contribution < 1.29 is 4.74 Å². The van der Waals surface area contributed by atoms with Crippen LogP contribution in [0.15, 0.2) is 24.3 Å². The highest BCUT2D eigenvalue weighted by Gasteiger charge is 2.38. The third-order valence-corrected chi connectivity index (χ3v) is 8.16. The molecule has 3 aliphatic rings. The minimum atomic E-state index is 0.318. The summed E-state index contributed by atoms with van der Waals surface area (Å²) in [6.45, 7) is 7.24. The van der Waals surface area contributed by atoms with Crippen molar-refractivity contribution in [2.45, 2.75) is 70.1 Å². The maximum absolute atomic E-state index is 9.11. The summed E-state index contributed by atoms with van der Waals surface area (Å²) in [6, 6.07) is 12.2. The number of piperidine rings is 2. The molecule has 38 heavy (non-hydrogen) atoms. The fourth-order valence-electron chi connectivity index (χ4n) is 6.38. The molecule has 3 fully saturated rings. The van der Waals surface area contributed by atoms with Crippen LogP contribution < -0.4 is 10.6 Å². The van der Waals surface area contributed by atoms with E-state index in [1.54, 1.807) is 0 Å². The van der Waals surface area contributed by atoms with Gasteiger partial charge in [-0.05, 0) is 50.3 Å². The summed E-state index contributed by atoms with van der Waals surface area (Å²) >= 11 is 0. The Morgan fingerprint density at radius 3 is 2.68 bits per heavy atom. The molecule has 0 saturated carbocycles. The molecule has 0 radical (unpaired) electrons. The highest BCUT2D eigenvalue weighted by atomic mass is 16.5. The lowest BCUT2D eigenvalue weighted by atomic mass is 9.81. The zero-order valence-electron chi connectivity index (χ0n) is 22.1. The van der Waals surface area contributed by atoms with Gasteiger partial charge in [0.15, 0.2) is 5.82 Å². The molecule has 1 aromatic carbocycles. The Balaban J connectivity index is 1.26. The van der Waals surface area contributed by atoms with Gasteiger partial charge in [-0.25, -0.2) is 4.98 Å². The quantitative estimate of drug-likeness (QED) is 0.410. The number of fused-ring (bicyclic) bond motifs is 3. The lowest BCUT2D eigenvalue weighted by Gasteiger charge is -2.48. The highest BCUT2D eigenvalue weighted by molar-refractivity contribution is 5.92. The standard InChI is InChI=1S/C28H37N9O/c1-19-14-26(35-34-19)32-27-24-7-6-20(18-36-10-12-38-13-11-36)15-25(24)31-28(33-27)30-21-16-22-4-2-5-23(17-21)37(22)9-3-8-29/h6-7,14-15,21-23H,2-5,9-13,16-18H2,1H3,(H3,30,31,32,33,34,35)/t21?,22-,23+. The summed E-state index contributed by atoms with van der Waals surface area (Å²) in [7, 11) is 0. The number of nitrogens with one attached hydrogen (secondary N) is 3. The lowest BCUT2D eigenvalue weighted by Crippen LogP contribution is -2.55. The number of nitriles is 1. The Morgan fingerprint density at radius 1 is 1.13 bits per heavy atom. The minimum Gasteiger partial charge on any atom is -0.379 e. The number of aryl methyl sites for hydroxylation is 1. The van der Waals surface area contributed by atoms with Gasteiger partial charge >= 0.3 is 0 Å². The van der Waals surface area contributed by atoms with Gasteiger partial charge in [-0.3, -0.25) is 14.9 Å². The van der Waals surface area contributed by atoms with Crippen LogP contribution in [0.1, 0.15) is 49.8 Å². The summed E-state index contributed by atoms with van der Waals surface area (Å²) in [5.74, 6) is 2.16. The van der Waals surface area contributed by atoms with Gasteiger partial charge in [-0.2, -0.15) is 15.3 Å². The number of nitrogens with zero attached hydrogens (tertiary/aromatic N) is 6. The van der Waals surface area contributed by atoms with Crippen LogP contribution in [-0.4, -0.2) is 80.9 Å². The van der Waals surface area contributed by atoms with Crippen LogP contribution in [0.2, 0.25) is 0 Å². The molecule has 1 unspecified atom stereocenters. The first-order valence-electron chi connectivity index (χ1n) is 13.9. The van der Waals surface area contributed by atoms with Gasteiger partial charge in [0.25, 0.3) is 0 Å². The third-order valence-electron chi connectivity index (χ3n) is 8.16. The molecule has 3 aliphatic heterocycles. The number of ether oxygens (including phenoxy) is 1. The number of morpholine rings is 1. The topological polar surface area (TPSA) is 118 Å². The number of hydrogen-bond acceptors (Lipinski definition) is 9. The third kappa shape index (κ3) is 5.60. The van der Waals surface area contributed by atoms with E-state index in [1.807, 2.05) is 13.0 Å². The number of aromatic amines is 1. The lowest BCUT2D eigenvalue weighted by molar-refractivity contribution is 0.0342. The van der Waals surface area contributed by atoms with Crippen LogP contribution in [0, 0.1) is 18.3 Å². The Morgan fingerprint density at radius 2 is 1.95 bits per heavy atom. The van der Waals surface area contributed by atoms with E-state index in [1.165, 1.54) is 24.8 Å². The van der Waals surface area contributed by atoms with Crippen LogP contribution in [0.5, 0.6) is 0 Å². The van der Waals surface area contributed by atoms with Crippen molar-refractivity contribution in [3.05, 3.63) is 35.5 Å². The van der Waals surface area contributed by atoms with E-state index in [0.29, 0.717) is 30.5 Å². The first kappa shape index (κ1) is 25.0. The van der Waals surface area contributed by atoms with Gasteiger partial charge < -0.3 is 15.4 Å². The number of rotatable bonds is 8. The van der Waals surface area contributed by atoms with Crippen LogP contribution in [0.3, 0.4) is 0 Å². The van der Waals surface area contributed by atoms with E-state index in [4.69, 9.17) is 20.0 Å². The molecule has 2 bridgehead atoms. The van der Waals surface area contributed by atoms with Crippen molar-refractivity contribution in [3.8, 4) is 6.07 Å². The minimum absolute atomic E-state index is 0.318. The zero-order chi connectivity index (χ0) is 25.9. The molecular weight excluding hydrogens is 478 g/mol. The Hall–Kier alpha value is -3.26. The number of anilines is 3. The monoisotopic (exact) mass is 515 g/mol. The molecule has 2 aromatic heterocycles. The number of hydrogen-bond donors (Lipinski definition) is 3. The van der Waals surface area contributed by atoms with E-state index < -0.39 is 0 Å². The molecule has 200 valence electrons. The van der Waals surface area contributed by atoms with Crippen molar-refractivity contribution >= 4 is 28.5 Å². The number of aromatic nitrogens is 4. The second kappa shape index (κ2) is 11.2. The van der Waals surface area contributed by atoms with E-state index >= 15 is 0 Å². The molecule has 0 amide bonds. The van der Waals surface area contributed by atoms with Gasteiger partial charge in [0.2, 0.25) is 5.95 Å². The maximum atomic E-state index is 9.11. The summed E-state index contributed by atoms with van der Waals surface area (Å²) in [6.07, 6.45) is 6.40. The smallest absolute Gasteiger partial charge is 0.225 e. The second-order valence-electron chi connectivity index (χ2n) is 10.9. The number of H-pyrrole nitrogens is 1. The van der Waals surface area contributed by atoms with Crippen molar-refractivity contribution in [1.82, 2.24) is 30.0 Å². The fraction of sp³-hybridized carbons (Fsp3) is 0.571. The number of benzene rings is 1. The van der Waals surface area contributed by atoms with Crippen molar-refractivity contribution in [2.24, 2.45) is 0 Å². The average Bonchev–Trinajstić information content (AvgIpc) is 3.32. The van der Waals surface area contributed by atoms with Crippen LogP contribution in [-0.2, 0) is 11.3 Å². The average molecular weight is 516 g/mol. The molecule has 3 aromatic rings. The molecule has 5 heterocycles. The zero-order valence-corrected chi connectivity index (χ0v) is 22.1. The summed E-state index contributed by atoms with van der Waals surface area (Å²) < 4.78 is 5.52. The van der Waals surface area contributed by atoms with E-state index in [9.17, 15) is 0 Å². The molecule has 10 nitrogen and oxygen atoms in total. The van der Waals surface area contributed by atoms with Gasteiger partial charge in [-0.15, -0.1) is 0 Å². The molecule has 3 N–H and O–H groups in total. The maximum Gasteiger partial charge on any atom is 0.225 e. The molecule has 0 aliphatic carbocycles. The highest BCUT2D eigenvalue weighted by Crippen LogP contribution is 2.35. The molecule has 0 spiro atoms. The van der Waals surface area contributed by atoms with E-state index in [-0.39, 0.29) is 0 Å². The van der Waals surface area contributed by atoms with Crippen molar-refractivity contribution in [2.75, 3.05) is 43.5 Å². The van der Waals surface area contributed by atoms with Gasteiger partial charge in [0.1, 0.15) is 5.82 Å². The Kier molecular flexibility index (Phi) is 7.40.